The lowest BCUT2D eigenvalue weighted by atomic mass is 10.1. The quantitative estimate of drug-likeness (QED) is 0.716. The highest BCUT2D eigenvalue weighted by atomic mass is 16.5. The predicted octanol–water partition coefficient (Wildman–Crippen LogP) is 1.40. The maximum Gasteiger partial charge on any atom is 0.236 e. The number of nitrogens with zero attached hydrogens (tertiary/aromatic N) is 1. The van der Waals surface area contributed by atoms with Crippen LogP contribution in [0.1, 0.15) is 39.5 Å². The Balaban J connectivity index is 2.11. The topological polar surface area (TPSA) is 41.6 Å². The largest absolute Gasteiger partial charge is 0.379 e. The Labute approximate surface area is 105 Å². The number of piperidine rings is 1. The van der Waals surface area contributed by atoms with Gasteiger partial charge in [0.15, 0.2) is 0 Å². The van der Waals surface area contributed by atoms with Crippen LogP contribution in [-0.2, 0) is 9.53 Å². The molecule has 1 aliphatic heterocycles. The van der Waals surface area contributed by atoms with Gasteiger partial charge in [-0.05, 0) is 46.1 Å². The molecule has 1 fully saturated rings. The molecule has 0 aromatic rings. The third kappa shape index (κ3) is 5.50. The Kier molecular flexibility index (Phi) is 5.92. The van der Waals surface area contributed by atoms with E-state index in [1.807, 2.05) is 4.90 Å². The molecule has 0 saturated carbocycles. The van der Waals surface area contributed by atoms with Gasteiger partial charge in [0.25, 0.3) is 0 Å². The number of ether oxygens (including phenoxy) is 1. The van der Waals surface area contributed by atoms with Gasteiger partial charge in [-0.2, -0.15) is 0 Å². The summed E-state index contributed by atoms with van der Waals surface area (Å²) in [5, 5.41) is 3.20. The van der Waals surface area contributed by atoms with Crippen molar-refractivity contribution in [3.05, 3.63) is 0 Å². The van der Waals surface area contributed by atoms with Gasteiger partial charge in [0, 0.05) is 20.2 Å². The van der Waals surface area contributed by atoms with Crippen molar-refractivity contribution in [2.24, 2.45) is 0 Å². The molecule has 0 spiro atoms. The van der Waals surface area contributed by atoms with E-state index >= 15 is 0 Å². The zero-order chi connectivity index (χ0) is 12.7. The monoisotopic (exact) mass is 242 g/mol. The number of amides is 1. The maximum absolute atomic E-state index is 11.8. The van der Waals surface area contributed by atoms with Crippen LogP contribution in [0.4, 0.5) is 0 Å². The van der Waals surface area contributed by atoms with Crippen molar-refractivity contribution >= 4 is 5.91 Å². The molecular formula is C13H26N2O2. The Morgan fingerprint density at radius 3 is 2.53 bits per heavy atom. The summed E-state index contributed by atoms with van der Waals surface area (Å²) in [5.41, 5.74) is -0.110. The smallest absolute Gasteiger partial charge is 0.236 e. The fourth-order valence-electron chi connectivity index (χ4n) is 1.94. The summed E-state index contributed by atoms with van der Waals surface area (Å²) in [7, 11) is 1.72. The summed E-state index contributed by atoms with van der Waals surface area (Å²) in [6.07, 6.45) is 4.49. The molecule has 4 nitrogen and oxygen atoms in total. The van der Waals surface area contributed by atoms with Crippen LogP contribution in [-0.4, -0.2) is 49.7 Å². The zero-order valence-electron chi connectivity index (χ0n) is 11.4. The van der Waals surface area contributed by atoms with Gasteiger partial charge in [0.05, 0.1) is 12.1 Å². The molecule has 0 atom stereocenters. The number of likely N-dealkylation sites (tertiary alicyclic amines) is 1. The predicted molar refractivity (Wildman–Crippen MR) is 69.0 cm³/mol. The van der Waals surface area contributed by atoms with Crippen LogP contribution in [0, 0.1) is 0 Å². The van der Waals surface area contributed by atoms with Crippen LogP contribution in [0.2, 0.25) is 0 Å². The first kappa shape index (κ1) is 14.5. The molecule has 1 rings (SSSR count). The van der Waals surface area contributed by atoms with Crippen LogP contribution in [0.15, 0.2) is 0 Å². The summed E-state index contributed by atoms with van der Waals surface area (Å²) in [6, 6.07) is 0. The highest BCUT2D eigenvalue weighted by Crippen LogP contribution is 2.11. The van der Waals surface area contributed by atoms with E-state index in [0.29, 0.717) is 6.54 Å². The van der Waals surface area contributed by atoms with E-state index < -0.39 is 0 Å². The lowest BCUT2D eigenvalue weighted by Crippen LogP contribution is -2.42. The number of methoxy groups -OCH3 is 1. The number of hydrogen-bond acceptors (Lipinski definition) is 3. The first-order valence-corrected chi connectivity index (χ1v) is 6.59. The second kappa shape index (κ2) is 6.97. The van der Waals surface area contributed by atoms with E-state index in [2.05, 4.69) is 19.2 Å². The first-order chi connectivity index (χ1) is 8.05. The summed E-state index contributed by atoms with van der Waals surface area (Å²) < 4.78 is 5.33. The van der Waals surface area contributed by atoms with E-state index in [1.165, 1.54) is 6.42 Å². The number of hydrogen-bond donors (Lipinski definition) is 1. The van der Waals surface area contributed by atoms with E-state index in [1.54, 1.807) is 7.11 Å². The molecule has 1 heterocycles. The van der Waals surface area contributed by atoms with Gasteiger partial charge in [0.2, 0.25) is 5.91 Å². The van der Waals surface area contributed by atoms with E-state index in [-0.39, 0.29) is 11.5 Å². The van der Waals surface area contributed by atoms with Crippen LogP contribution in [0.25, 0.3) is 0 Å². The molecule has 1 saturated heterocycles. The minimum absolute atomic E-state index is 0.110. The molecule has 0 unspecified atom stereocenters. The average Bonchev–Trinajstić information content (AvgIpc) is 2.35. The van der Waals surface area contributed by atoms with Gasteiger partial charge in [0.1, 0.15) is 0 Å². The molecule has 1 aliphatic rings. The van der Waals surface area contributed by atoms with Crippen LogP contribution < -0.4 is 5.32 Å². The van der Waals surface area contributed by atoms with Gasteiger partial charge in [-0.15, -0.1) is 0 Å². The van der Waals surface area contributed by atoms with Crippen LogP contribution in [0.3, 0.4) is 0 Å². The van der Waals surface area contributed by atoms with Crippen molar-refractivity contribution in [2.45, 2.75) is 45.1 Å². The molecule has 0 aromatic heterocycles. The average molecular weight is 242 g/mol. The summed E-state index contributed by atoms with van der Waals surface area (Å²) in [4.78, 5) is 13.8. The number of carbonyl (C=O) groups excluding carboxylic acids is 1. The van der Waals surface area contributed by atoms with Crippen molar-refractivity contribution < 1.29 is 9.53 Å². The fraction of sp³-hybridized carbons (Fsp3) is 0.923. The molecule has 0 aromatic carbocycles. The van der Waals surface area contributed by atoms with Crippen molar-refractivity contribution in [2.75, 3.05) is 33.3 Å². The highest BCUT2D eigenvalue weighted by molar-refractivity contribution is 5.78. The Bertz CT molecular complexity index is 236. The van der Waals surface area contributed by atoms with Gasteiger partial charge in [-0.1, -0.05) is 0 Å². The zero-order valence-corrected chi connectivity index (χ0v) is 11.4. The summed E-state index contributed by atoms with van der Waals surface area (Å²) in [5.74, 6) is 0.236. The molecule has 0 radical (unpaired) electrons. The molecule has 1 amide bonds. The van der Waals surface area contributed by atoms with Crippen LogP contribution >= 0.6 is 0 Å². The molecule has 1 N–H and O–H groups in total. The lowest BCUT2D eigenvalue weighted by Gasteiger charge is -2.27. The number of carbonyl (C=O) groups is 1. The fourth-order valence-corrected chi connectivity index (χ4v) is 1.94. The Morgan fingerprint density at radius 2 is 1.94 bits per heavy atom. The summed E-state index contributed by atoms with van der Waals surface area (Å²) >= 11 is 0. The summed E-state index contributed by atoms with van der Waals surface area (Å²) in [6.45, 7) is 7.26. The third-order valence-corrected chi connectivity index (χ3v) is 3.44. The molecular weight excluding hydrogens is 216 g/mol. The Morgan fingerprint density at radius 1 is 1.29 bits per heavy atom. The van der Waals surface area contributed by atoms with Gasteiger partial charge in [-0.3, -0.25) is 4.79 Å². The molecule has 0 aliphatic carbocycles. The molecule has 0 bridgehead atoms. The first-order valence-electron chi connectivity index (χ1n) is 6.59. The normalized spacial score (nSPS) is 17.2. The second-order valence-corrected chi connectivity index (χ2v) is 5.33. The second-order valence-electron chi connectivity index (χ2n) is 5.33. The maximum atomic E-state index is 11.8. The minimum Gasteiger partial charge on any atom is -0.379 e. The van der Waals surface area contributed by atoms with E-state index in [0.717, 1.165) is 38.9 Å². The molecule has 4 heteroatoms. The van der Waals surface area contributed by atoms with Crippen LogP contribution in [0.5, 0.6) is 0 Å². The van der Waals surface area contributed by atoms with Crippen molar-refractivity contribution in [1.29, 1.82) is 0 Å². The van der Waals surface area contributed by atoms with Gasteiger partial charge in [-0.25, -0.2) is 0 Å². The Hall–Kier alpha value is -0.610. The lowest BCUT2D eigenvalue weighted by molar-refractivity contribution is -0.131. The number of nitrogens with one attached hydrogen (secondary N) is 1. The van der Waals surface area contributed by atoms with Gasteiger partial charge >= 0.3 is 0 Å². The minimum atomic E-state index is -0.110. The molecule has 17 heavy (non-hydrogen) atoms. The highest BCUT2D eigenvalue weighted by Gasteiger charge is 2.17. The van der Waals surface area contributed by atoms with E-state index in [9.17, 15) is 4.79 Å². The molecule has 100 valence electrons. The van der Waals surface area contributed by atoms with Crippen molar-refractivity contribution in [1.82, 2.24) is 10.2 Å². The van der Waals surface area contributed by atoms with Crippen molar-refractivity contribution in [3.63, 3.8) is 0 Å². The SMILES string of the molecule is COC(C)(C)CCNCC(=O)N1CCCCC1. The number of rotatable bonds is 6. The standard InChI is InChI=1S/C13H26N2O2/c1-13(2,17-3)7-8-14-11-12(16)15-9-5-4-6-10-15/h14H,4-11H2,1-3H3. The van der Waals surface area contributed by atoms with Crippen molar-refractivity contribution in [3.8, 4) is 0 Å². The third-order valence-electron chi connectivity index (χ3n) is 3.44. The van der Waals surface area contributed by atoms with E-state index in [4.69, 9.17) is 4.74 Å². The van der Waals surface area contributed by atoms with Gasteiger partial charge < -0.3 is 15.0 Å².